The normalized spacial score (nSPS) is 11.9. The molecule has 110 valence electrons. The van der Waals surface area contributed by atoms with Crippen molar-refractivity contribution in [3.63, 3.8) is 0 Å². The number of hydrogen-bond acceptors (Lipinski definition) is 3. The molecule has 0 amide bonds. The minimum absolute atomic E-state index is 0.0195. The minimum Gasteiger partial charge on any atom is -0.396 e. The summed E-state index contributed by atoms with van der Waals surface area (Å²) < 4.78 is 12.3. The first-order chi connectivity index (χ1) is 8.68. The number of aliphatic hydroxyl groups is 2. The van der Waals surface area contributed by atoms with Crippen LogP contribution in [-0.4, -0.2) is 41.9 Å². The molecule has 0 aromatic carbocycles. The number of aliphatic hydroxyl groups excluding tert-OH is 2. The van der Waals surface area contributed by atoms with Gasteiger partial charge >= 0.3 is 0 Å². The van der Waals surface area contributed by atoms with Crippen LogP contribution in [0.3, 0.4) is 0 Å². The van der Waals surface area contributed by atoms with Crippen molar-refractivity contribution in [2.24, 2.45) is 0 Å². The molecule has 0 aromatic heterocycles. The van der Waals surface area contributed by atoms with Crippen molar-refractivity contribution in [1.29, 1.82) is 0 Å². The van der Waals surface area contributed by atoms with Crippen LogP contribution in [0.1, 0.15) is 58.3 Å². The van der Waals surface area contributed by atoms with E-state index in [9.17, 15) is 4.57 Å². The van der Waals surface area contributed by atoms with E-state index in [1.807, 2.05) is 0 Å². The zero-order valence-electron chi connectivity index (χ0n) is 11.9. The van der Waals surface area contributed by atoms with Crippen LogP contribution in [0, 0.1) is 0 Å². The summed E-state index contributed by atoms with van der Waals surface area (Å²) in [6.07, 6.45) is 11.3. The first-order valence-electron chi connectivity index (χ1n) is 7.47. The molecule has 0 rings (SSSR count). The van der Waals surface area contributed by atoms with E-state index < -0.39 is 7.14 Å². The summed E-state index contributed by atoms with van der Waals surface area (Å²) in [6, 6.07) is 0. The molecule has 0 bridgehead atoms. The number of rotatable bonds is 13. The molecule has 3 nitrogen and oxygen atoms in total. The molecule has 0 aromatic rings. The van der Waals surface area contributed by atoms with Crippen LogP contribution in [0.15, 0.2) is 0 Å². The average Bonchev–Trinajstić information content (AvgIpc) is 2.33. The Hall–Kier alpha value is 0.150. The molecule has 4 heteroatoms. The average molecular weight is 278 g/mol. The van der Waals surface area contributed by atoms with Gasteiger partial charge in [-0.2, -0.15) is 0 Å². The van der Waals surface area contributed by atoms with Gasteiger partial charge in [0.25, 0.3) is 0 Å². The fourth-order valence-corrected chi connectivity index (χ4v) is 4.43. The third-order valence-electron chi connectivity index (χ3n) is 3.43. The van der Waals surface area contributed by atoms with Crippen LogP contribution in [0.4, 0.5) is 0 Å². The Kier molecular flexibility index (Phi) is 12.3. The van der Waals surface area contributed by atoms with E-state index in [1.165, 1.54) is 38.5 Å². The second-order valence-corrected chi connectivity index (χ2v) is 8.61. The van der Waals surface area contributed by atoms with Crippen molar-refractivity contribution >= 4 is 7.14 Å². The van der Waals surface area contributed by atoms with Crippen LogP contribution >= 0.6 is 7.14 Å². The van der Waals surface area contributed by atoms with Crippen molar-refractivity contribution in [3.05, 3.63) is 0 Å². The fourth-order valence-electron chi connectivity index (χ4n) is 2.23. The lowest BCUT2D eigenvalue weighted by molar-refractivity contribution is 0.311. The van der Waals surface area contributed by atoms with Gasteiger partial charge in [0.1, 0.15) is 0 Å². The largest absolute Gasteiger partial charge is 0.396 e. The number of unbranched alkanes of at least 4 members (excludes halogenated alkanes) is 7. The van der Waals surface area contributed by atoms with Crippen molar-refractivity contribution in [2.45, 2.75) is 58.3 Å². The van der Waals surface area contributed by atoms with Crippen LogP contribution in [0.2, 0.25) is 0 Å². The summed E-state index contributed by atoms with van der Waals surface area (Å²) in [4.78, 5) is 0. The Labute approximate surface area is 112 Å². The lowest BCUT2D eigenvalue weighted by Crippen LogP contribution is -2.06. The highest BCUT2D eigenvalue weighted by atomic mass is 31.2. The predicted octanol–water partition coefficient (Wildman–Crippen LogP) is 3.47. The Bertz CT molecular complexity index is 209. The summed E-state index contributed by atoms with van der Waals surface area (Å²) in [5, 5.41) is 17.8. The third kappa shape index (κ3) is 10.1. The van der Waals surface area contributed by atoms with Gasteiger partial charge < -0.3 is 14.8 Å². The molecule has 0 atom stereocenters. The van der Waals surface area contributed by atoms with Gasteiger partial charge in [0, 0.05) is 31.7 Å². The highest BCUT2D eigenvalue weighted by molar-refractivity contribution is 7.63. The van der Waals surface area contributed by atoms with Crippen LogP contribution in [-0.2, 0) is 4.57 Å². The monoisotopic (exact) mass is 278 g/mol. The SMILES string of the molecule is CCCCCCCCCCP(=O)(CCO)CCO. The molecule has 0 unspecified atom stereocenters. The van der Waals surface area contributed by atoms with Crippen LogP contribution in [0.5, 0.6) is 0 Å². The second kappa shape index (κ2) is 12.2. The van der Waals surface area contributed by atoms with E-state index >= 15 is 0 Å². The van der Waals surface area contributed by atoms with Crippen molar-refractivity contribution < 1.29 is 14.8 Å². The standard InChI is InChI=1S/C14H31O3P/c1-2-3-4-5-6-7-8-9-12-18(17,13-10-15)14-11-16/h15-16H,2-14H2,1H3. The maximum Gasteiger partial charge on any atom is 0.0922 e. The van der Waals surface area contributed by atoms with Gasteiger partial charge in [-0.05, 0) is 6.42 Å². The Morgan fingerprint density at radius 3 is 1.61 bits per heavy atom. The van der Waals surface area contributed by atoms with Gasteiger partial charge in [0.05, 0.1) is 7.14 Å². The third-order valence-corrected chi connectivity index (χ3v) is 6.60. The maximum atomic E-state index is 12.3. The fraction of sp³-hybridized carbons (Fsp3) is 1.00. The van der Waals surface area contributed by atoms with Crippen LogP contribution < -0.4 is 0 Å². The smallest absolute Gasteiger partial charge is 0.0922 e. The summed E-state index contributed by atoms with van der Waals surface area (Å²) in [5.41, 5.74) is 0. The Morgan fingerprint density at radius 1 is 0.722 bits per heavy atom. The van der Waals surface area contributed by atoms with Crippen molar-refractivity contribution in [3.8, 4) is 0 Å². The molecule has 0 aliphatic carbocycles. The molecule has 2 N–H and O–H groups in total. The van der Waals surface area contributed by atoms with Gasteiger partial charge in [-0.25, -0.2) is 0 Å². The topological polar surface area (TPSA) is 57.5 Å². The molecule has 0 fully saturated rings. The maximum absolute atomic E-state index is 12.3. The van der Waals surface area contributed by atoms with E-state index in [2.05, 4.69) is 6.92 Å². The van der Waals surface area contributed by atoms with Gasteiger partial charge in [-0.3, -0.25) is 0 Å². The summed E-state index contributed by atoms with van der Waals surface area (Å²) >= 11 is 0. The van der Waals surface area contributed by atoms with Gasteiger partial charge in [-0.1, -0.05) is 51.9 Å². The molecule has 0 spiro atoms. The molecule has 0 radical (unpaired) electrons. The molecule has 18 heavy (non-hydrogen) atoms. The quantitative estimate of drug-likeness (QED) is 0.400. The zero-order chi connectivity index (χ0) is 13.7. The molecule has 0 saturated heterocycles. The van der Waals surface area contributed by atoms with E-state index in [0.717, 1.165) is 12.8 Å². The summed E-state index contributed by atoms with van der Waals surface area (Å²) in [6.45, 7) is 2.18. The number of hydrogen-bond donors (Lipinski definition) is 2. The van der Waals surface area contributed by atoms with E-state index in [0.29, 0.717) is 18.5 Å². The molecular formula is C14H31O3P. The lowest BCUT2D eigenvalue weighted by Gasteiger charge is -2.15. The minimum atomic E-state index is -2.29. The Balaban J connectivity index is 3.52. The van der Waals surface area contributed by atoms with Gasteiger partial charge in [0.2, 0.25) is 0 Å². The lowest BCUT2D eigenvalue weighted by atomic mass is 10.1. The molecule has 0 heterocycles. The first kappa shape index (κ1) is 18.1. The molecular weight excluding hydrogens is 247 g/mol. The first-order valence-corrected chi connectivity index (χ1v) is 9.73. The van der Waals surface area contributed by atoms with Gasteiger partial charge in [0.15, 0.2) is 0 Å². The molecule has 0 aliphatic rings. The van der Waals surface area contributed by atoms with Crippen molar-refractivity contribution in [2.75, 3.05) is 31.7 Å². The van der Waals surface area contributed by atoms with Crippen LogP contribution in [0.25, 0.3) is 0 Å². The molecule has 0 aliphatic heterocycles. The predicted molar refractivity (Wildman–Crippen MR) is 79.0 cm³/mol. The summed E-state index contributed by atoms with van der Waals surface area (Å²) in [5.74, 6) is 0. The highest BCUT2D eigenvalue weighted by Gasteiger charge is 2.19. The van der Waals surface area contributed by atoms with E-state index in [1.54, 1.807) is 0 Å². The second-order valence-electron chi connectivity index (χ2n) is 5.15. The van der Waals surface area contributed by atoms with Crippen molar-refractivity contribution in [1.82, 2.24) is 0 Å². The van der Waals surface area contributed by atoms with E-state index in [-0.39, 0.29) is 13.2 Å². The molecule has 0 saturated carbocycles. The summed E-state index contributed by atoms with van der Waals surface area (Å²) in [7, 11) is -2.29. The Morgan fingerprint density at radius 2 is 1.17 bits per heavy atom. The van der Waals surface area contributed by atoms with Gasteiger partial charge in [-0.15, -0.1) is 0 Å². The zero-order valence-corrected chi connectivity index (χ0v) is 12.8. The van der Waals surface area contributed by atoms with E-state index in [4.69, 9.17) is 10.2 Å². The highest BCUT2D eigenvalue weighted by Crippen LogP contribution is 2.45.